The van der Waals surface area contributed by atoms with E-state index in [1.54, 1.807) is 0 Å². The summed E-state index contributed by atoms with van der Waals surface area (Å²) in [6.07, 6.45) is 0.285. The van der Waals surface area contributed by atoms with Gasteiger partial charge in [-0.3, -0.25) is 4.79 Å². The minimum absolute atomic E-state index is 0.260. The van der Waals surface area contributed by atoms with Crippen LogP contribution in [0.2, 0.25) is 0 Å². The molecule has 0 radical (unpaired) electrons. The summed E-state index contributed by atoms with van der Waals surface area (Å²) in [5, 5.41) is 24.1. The number of H-pyrrole nitrogens is 1. The van der Waals surface area contributed by atoms with Gasteiger partial charge in [0.25, 0.3) is 5.56 Å². The lowest BCUT2D eigenvalue weighted by molar-refractivity contribution is 0.0691. The van der Waals surface area contributed by atoms with Crippen LogP contribution in [0.25, 0.3) is 22.2 Å². The van der Waals surface area contributed by atoms with Gasteiger partial charge in [0.2, 0.25) is 0 Å². The number of ether oxygens (including phenoxy) is 1. The molecule has 0 unspecified atom stereocenters. The first-order valence-electron chi connectivity index (χ1n) is 9.48. The van der Waals surface area contributed by atoms with Crippen LogP contribution in [-0.4, -0.2) is 38.4 Å². The summed E-state index contributed by atoms with van der Waals surface area (Å²) in [6, 6.07) is 6.25. The van der Waals surface area contributed by atoms with Gasteiger partial charge >= 0.3 is 5.97 Å². The summed E-state index contributed by atoms with van der Waals surface area (Å²) in [7, 11) is 1.99. The van der Waals surface area contributed by atoms with E-state index in [0.717, 1.165) is 16.6 Å². The van der Waals surface area contributed by atoms with Crippen molar-refractivity contribution in [2.45, 2.75) is 32.9 Å². The van der Waals surface area contributed by atoms with Gasteiger partial charge in [-0.2, -0.15) is 0 Å². The lowest BCUT2D eigenvalue weighted by Crippen LogP contribution is -2.22. The summed E-state index contributed by atoms with van der Waals surface area (Å²) >= 11 is 0. The van der Waals surface area contributed by atoms with Crippen LogP contribution in [0.4, 0.5) is 0 Å². The van der Waals surface area contributed by atoms with Gasteiger partial charge in [0, 0.05) is 54.3 Å². The average Bonchev–Trinajstić information content (AvgIpc) is 2.83. The molecular formula is C21H23N3O5. The van der Waals surface area contributed by atoms with Crippen molar-refractivity contribution in [1.82, 2.24) is 14.9 Å². The first kappa shape index (κ1) is 19.1. The fraction of sp³-hybridized carbons (Fsp3) is 0.333. The topological polar surface area (TPSA) is 117 Å². The number of carboxylic acid groups (broad SMARTS) is 1. The molecule has 1 aliphatic heterocycles. The molecule has 0 bridgehead atoms. The number of rotatable bonds is 4. The highest BCUT2D eigenvalue weighted by atomic mass is 16.5. The standard InChI is InChI=1S/C21H23N3O5/c1-10(2)22-9-12-6-11-7-14-16(8-15(11)24(12)3)29-5-4-13-18(14)23-20(26)17(19(13)25)21(27)28/h6-8,10,22H,4-5,9H2,1-3H3,(H,27,28)(H2,23,25,26). The van der Waals surface area contributed by atoms with Crippen molar-refractivity contribution in [2.75, 3.05) is 6.61 Å². The smallest absolute Gasteiger partial charge is 0.345 e. The molecule has 0 aliphatic carbocycles. The molecule has 8 heteroatoms. The zero-order chi connectivity index (χ0) is 20.9. The van der Waals surface area contributed by atoms with E-state index in [0.29, 0.717) is 35.2 Å². The van der Waals surface area contributed by atoms with Crippen molar-refractivity contribution in [3.05, 3.63) is 45.4 Å². The van der Waals surface area contributed by atoms with Gasteiger partial charge in [-0.05, 0) is 12.1 Å². The highest BCUT2D eigenvalue weighted by molar-refractivity contribution is 5.94. The van der Waals surface area contributed by atoms with E-state index in [1.165, 1.54) is 0 Å². The third kappa shape index (κ3) is 3.15. The van der Waals surface area contributed by atoms with Gasteiger partial charge in [0.05, 0.1) is 17.8 Å². The number of carbonyl (C=O) groups is 1. The van der Waals surface area contributed by atoms with E-state index in [9.17, 15) is 19.8 Å². The second-order valence-electron chi connectivity index (χ2n) is 7.57. The Morgan fingerprint density at radius 3 is 2.79 bits per heavy atom. The molecule has 0 amide bonds. The molecule has 0 spiro atoms. The van der Waals surface area contributed by atoms with Gasteiger partial charge in [-0.1, -0.05) is 13.8 Å². The molecule has 4 N–H and O–H groups in total. The Hall–Kier alpha value is -3.26. The van der Waals surface area contributed by atoms with Gasteiger partial charge in [0.1, 0.15) is 11.5 Å². The Labute approximate surface area is 166 Å². The maximum absolute atomic E-state index is 12.3. The lowest BCUT2D eigenvalue weighted by Gasteiger charge is -2.12. The summed E-state index contributed by atoms with van der Waals surface area (Å²) in [5.41, 5.74) is 2.01. The Bertz CT molecular complexity index is 1190. The maximum Gasteiger partial charge on any atom is 0.345 e. The second kappa shape index (κ2) is 6.97. The van der Waals surface area contributed by atoms with Crippen LogP contribution in [-0.2, 0) is 20.0 Å². The van der Waals surface area contributed by atoms with E-state index in [-0.39, 0.29) is 13.0 Å². The average molecular weight is 397 g/mol. The number of carboxylic acids is 1. The predicted molar refractivity (Wildman–Crippen MR) is 109 cm³/mol. The minimum Gasteiger partial charge on any atom is -0.506 e. The summed E-state index contributed by atoms with van der Waals surface area (Å²) < 4.78 is 7.98. The molecular weight excluding hydrogens is 374 g/mol. The number of benzene rings is 1. The van der Waals surface area contributed by atoms with Crippen LogP contribution in [0.15, 0.2) is 23.0 Å². The fourth-order valence-electron chi connectivity index (χ4n) is 3.78. The number of aryl methyl sites for hydroxylation is 1. The summed E-state index contributed by atoms with van der Waals surface area (Å²) in [6.45, 7) is 5.15. The highest BCUT2D eigenvalue weighted by Crippen LogP contribution is 2.40. The zero-order valence-corrected chi connectivity index (χ0v) is 16.5. The van der Waals surface area contributed by atoms with E-state index >= 15 is 0 Å². The van der Waals surface area contributed by atoms with E-state index in [1.807, 2.05) is 19.2 Å². The van der Waals surface area contributed by atoms with Crippen LogP contribution in [0, 0.1) is 0 Å². The molecule has 1 aliphatic rings. The van der Waals surface area contributed by atoms with Crippen molar-refractivity contribution >= 4 is 16.9 Å². The Balaban J connectivity index is 1.92. The number of aromatic hydroxyl groups is 1. The Kier molecular flexibility index (Phi) is 4.58. The van der Waals surface area contributed by atoms with Crippen LogP contribution in [0.5, 0.6) is 11.5 Å². The third-order valence-electron chi connectivity index (χ3n) is 5.32. The third-order valence-corrected chi connectivity index (χ3v) is 5.32. The number of aromatic nitrogens is 2. The van der Waals surface area contributed by atoms with Gasteiger partial charge in [-0.25, -0.2) is 4.79 Å². The molecule has 2 aromatic heterocycles. The number of hydrogen-bond donors (Lipinski definition) is 4. The first-order valence-corrected chi connectivity index (χ1v) is 9.48. The van der Waals surface area contributed by atoms with E-state index in [2.05, 4.69) is 34.8 Å². The number of fused-ring (bicyclic) bond motifs is 4. The molecule has 152 valence electrons. The molecule has 8 nitrogen and oxygen atoms in total. The van der Waals surface area contributed by atoms with Crippen LogP contribution >= 0.6 is 0 Å². The van der Waals surface area contributed by atoms with Crippen molar-refractivity contribution < 1.29 is 19.7 Å². The normalized spacial score (nSPS) is 13.1. The quantitative estimate of drug-likeness (QED) is 0.537. The number of nitrogens with zero attached hydrogens (tertiary/aromatic N) is 1. The van der Waals surface area contributed by atoms with Crippen molar-refractivity contribution in [3.63, 3.8) is 0 Å². The molecule has 3 aromatic rings. The van der Waals surface area contributed by atoms with Gasteiger partial charge < -0.3 is 29.8 Å². The molecule has 4 rings (SSSR count). The van der Waals surface area contributed by atoms with Crippen molar-refractivity contribution in [3.8, 4) is 22.8 Å². The van der Waals surface area contributed by atoms with Gasteiger partial charge in [-0.15, -0.1) is 0 Å². The molecule has 0 saturated heterocycles. The van der Waals surface area contributed by atoms with E-state index < -0.39 is 22.8 Å². The number of aromatic carboxylic acids is 1. The summed E-state index contributed by atoms with van der Waals surface area (Å²) in [5.74, 6) is -1.38. The second-order valence-corrected chi connectivity index (χ2v) is 7.57. The monoisotopic (exact) mass is 397 g/mol. The molecule has 1 aromatic carbocycles. The van der Waals surface area contributed by atoms with Crippen molar-refractivity contribution in [2.24, 2.45) is 7.05 Å². The van der Waals surface area contributed by atoms with Crippen LogP contribution in [0.3, 0.4) is 0 Å². The van der Waals surface area contributed by atoms with Crippen LogP contribution < -0.4 is 15.6 Å². The van der Waals surface area contributed by atoms with Gasteiger partial charge in [0.15, 0.2) is 5.56 Å². The number of aromatic amines is 1. The Morgan fingerprint density at radius 2 is 2.10 bits per heavy atom. The molecule has 0 atom stereocenters. The van der Waals surface area contributed by atoms with Crippen LogP contribution in [0.1, 0.15) is 35.5 Å². The lowest BCUT2D eigenvalue weighted by atomic mass is 9.99. The largest absolute Gasteiger partial charge is 0.506 e. The molecule has 3 heterocycles. The highest BCUT2D eigenvalue weighted by Gasteiger charge is 2.26. The number of nitrogens with one attached hydrogen (secondary N) is 2. The zero-order valence-electron chi connectivity index (χ0n) is 16.5. The Morgan fingerprint density at radius 1 is 1.34 bits per heavy atom. The fourth-order valence-corrected chi connectivity index (χ4v) is 3.78. The SMILES string of the molecule is CC(C)NCc1cc2cc3c(cc2n1C)OCCc1c-3[nH]c(=O)c(C(=O)O)c1O. The molecule has 0 saturated carbocycles. The number of pyridine rings is 1. The molecule has 29 heavy (non-hydrogen) atoms. The predicted octanol–water partition coefficient (Wildman–Crippen LogP) is 2.37. The maximum atomic E-state index is 12.3. The minimum atomic E-state index is -1.46. The molecule has 0 fully saturated rings. The van der Waals surface area contributed by atoms with E-state index in [4.69, 9.17) is 4.74 Å². The number of hydrogen-bond acceptors (Lipinski definition) is 5. The first-order chi connectivity index (χ1) is 13.8. The summed E-state index contributed by atoms with van der Waals surface area (Å²) in [4.78, 5) is 26.3. The van der Waals surface area contributed by atoms with Crippen molar-refractivity contribution in [1.29, 1.82) is 0 Å².